The number of hydrogen-bond donors (Lipinski definition) is 3. The van der Waals surface area contributed by atoms with E-state index in [1.807, 2.05) is 61.0 Å². The molecule has 0 fully saturated rings. The van der Waals surface area contributed by atoms with Crippen LogP contribution in [0.4, 0.5) is 5.69 Å². The fourth-order valence-electron chi connectivity index (χ4n) is 3.06. The van der Waals surface area contributed by atoms with Gasteiger partial charge in [0, 0.05) is 27.7 Å². The molecule has 0 aliphatic carbocycles. The van der Waals surface area contributed by atoms with Gasteiger partial charge in [0.15, 0.2) is 5.69 Å². The van der Waals surface area contributed by atoms with E-state index in [0.717, 1.165) is 21.4 Å². The summed E-state index contributed by atoms with van der Waals surface area (Å²) < 4.78 is 5.47. The first kappa shape index (κ1) is 18.3. The van der Waals surface area contributed by atoms with Gasteiger partial charge in [-0.05, 0) is 48.6 Å². The number of amides is 1. The summed E-state index contributed by atoms with van der Waals surface area (Å²) in [7, 11) is 0. The van der Waals surface area contributed by atoms with E-state index in [1.165, 1.54) is 6.26 Å². The van der Waals surface area contributed by atoms with Crippen LogP contribution in [0.25, 0.3) is 10.9 Å². The molecule has 7 heteroatoms. The number of anilines is 1. The third-order valence-corrected chi connectivity index (χ3v) is 5.28. The molecule has 0 aliphatic rings. The van der Waals surface area contributed by atoms with Gasteiger partial charge in [0.2, 0.25) is 5.89 Å². The Balaban J connectivity index is 1.44. The second kappa shape index (κ2) is 7.92. The zero-order valence-electron chi connectivity index (χ0n) is 15.3. The van der Waals surface area contributed by atoms with E-state index in [2.05, 4.69) is 15.3 Å². The van der Waals surface area contributed by atoms with Crippen LogP contribution in [0.2, 0.25) is 0 Å². The first-order valence-electron chi connectivity index (χ1n) is 8.85. The number of carbonyl (C=O) groups is 1. The minimum Gasteiger partial charge on any atom is -0.446 e. The van der Waals surface area contributed by atoms with Crippen molar-refractivity contribution in [2.75, 3.05) is 11.6 Å². The molecule has 2 aromatic heterocycles. The van der Waals surface area contributed by atoms with Crippen molar-refractivity contribution in [1.82, 2.24) is 9.97 Å². The summed E-state index contributed by atoms with van der Waals surface area (Å²) in [5.41, 5.74) is 9.33. The Bertz CT molecular complexity index is 1100. The van der Waals surface area contributed by atoms with Crippen molar-refractivity contribution >= 4 is 34.3 Å². The summed E-state index contributed by atoms with van der Waals surface area (Å²) in [6, 6.07) is 15.2. The SMILES string of the molecule is CSc1ccc(NC(=O)c2coc(C(N)Cc3c[nH]c4ccccc34)n2)cc1. The van der Waals surface area contributed by atoms with Crippen LogP contribution in [0.1, 0.15) is 28.0 Å². The molecule has 0 bridgehead atoms. The van der Waals surface area contributed by atoms with Gasteiger partial charge in [-0.2, -0.15) is 0 Å². The Kier molecular flexibility index (Phi) is 5.18. The van der Waals surface area contributed by atoms with Gasteiger partial charge in [-0.25, -0.2) is 4.98 Å². The van der Waals surface area contributed by atoms with Crippen LogP contribution in [-0.2, 0) is 6.42 Å². The van der Waals surface area contributed by atoms with E-state index in [0.29, 0.717) is 18.0 Å². The number of oxazole rings is 1. The largest absolute Gasteiger partial charge is 0.446 e. The van der Waals surface area contributed by atoms with E-state index in [-0.39, 0.29) is 11.6 Å². The number of nitrogens with one attached hydrogen (secondary N) is 2. The van der Waals surface area contributed by atoms with Crippen LogP contribution in [0.15, 0.2) is 70.3 Å². The van der Waals surface area contributed by atoms with Crippen molar-refractivity contribution in [3.8, 4) is 0 Å². The lowest BCUT2D eigenvalue weighted by Crippen LogP contribution is -2.15. The van der Waals surface area contributed by atoms with E-state index in [9.17, 15) is 4.79 Å². The van der Waals surface area contributed by atoms with Gasteiger partial charge in [0.25, 0.3) is 5.91 Å². The summed E-state index contributed by atoms with van der Waals surface area (Å²) in [6.07, 6.45) is 5.85. The molecule has 28 heavy (non-hydrogen) atoms. The number of hydrogen-bond acceptors (Lipinski definition) is 5. The number of aromatic nitrogens is 2. The molecular formula is C21H20N4O2S. The maximum atomic E-state index is 12.4. The molecule has 0 saturated carbocycles. The molecule has 0 aliphatic heterocycles. The van der Waals surface area contributed by atoms with Gasteiger partial charge >= 0.3 is 0 Å². The Morgan fingerprint density at radius 3 is 2.82 bits per heavy atom. The highest BCUT2D eigenvalue weighted by atomic mass is 32.2. The van der Waals surface area contributed by atoms with Crippen molar-refractivity contribution in [3.63, 3.8) is 0 Å². The molecule has 0 saturated heterocycles. The van der Waals surface area contributed by atoms with E-state index in [4.69, 9.17) is 10.2 Å². The van der Waals surface area contributed by atoms with Crippen LogP contribution in [0, 0.1) is 0 Å². The van der Waals surface area contributed by atoms with Crippen molar-refractivity contribution in [2.45, 2.75) is 17.4 Å². The molecular weight excluding hydrogens is 372 g/mol. The standard InChI is InChI=1S/C21H20N4O2S/c1-28-15-8-6-14(7-9-15)24-20(26)19-12-27-21(25-19)17(22)10-13-11-23-18-5-3-2-4-16(13)18/h2-9,11-12,17,23H,10,22H2,1H3,(H,24,26). The van der Waals surface area contributed by atoms with Gasteiger partial charge in [-0.1, -0.05) is 18.2 Å². The summed E-state index contributed by atoms with van der Waals surface area (Å²) in [4.78, 5) is 21.1. The number of para-hydroxylation sites is 1. The quantitative estimate of drug-likeness (QED) is 0.423. The predicted octanol–water partition coefficient (Wildman–Crippen LogP) is 4.37. The summed E-state index contributed by atoms with van der Waals surface area (Å²) >= 11 is 1.64. The number of aromatic amines is 1. The fraction of sp³-hybridized carbons (Fsp3) is 0.143. The van der Waals surface area contributed by atoms with Gasteiger partial charge in [0.05, 0.1) is 6.04 Å². The third kappa shape index (κ3) is 3.81. The van der Waals surface area contributed by atoms with E-state index >= 15 is 0 Å². The molecule has 1 atom stereocenters. The summed E-state index contributed by atoms with van der Waals surface area (Å²) in [5.74, 6) is 0.0133. The highest BCUT2D eigenvalue weighted by Gasteiger charge is 2.19. The van der Waals surface area contributed by atoms with Gasteiger partial charge < -0.3 is 20.5 Å². The average Bonchev–Trinajstić information content (AvgIpc) is 3.37. The first-order valence-corrected chi connectivity index (χ1v) is 10.1. The Morgan fingerprint density at radius 1 is 1.25 bits per heavy atom. The van der Waals surface area contributed by atoms with Crippen molar-refractivity contribution in [3.05, 3.63) is 78.1 Å². The number of thioether (sulfide) groups is 1. The molecule has 6 nitrogen and oxygen atoms in total. The van der Waals surface area contributed by atoms with Crippen LogP contribution in [-0.4, -0.2) is 22.1 Å². The maximum absolute atomic E-state index is 12.4. The van der Waals surface area contributed by atoms with E-state index < -0.39 is 6.04 Å². The van der Waals surface area contributed by atoms with Crippen LogP contribution in [0.5, 0.6) is 0 Å². The van der Waals surface area contributed by atoms with Crippen LogP contribution < -0.4 is 11.1 Å². The molecule has 2 aromatic carbocycles. The van der Waals surface area contributed by atoms with Gasteiger partial charge in [-0.3, -0.25) is 4.79 Å². The second-order valence-electron chi connectivity index (χ2n) is 6.42. The number of rotatable bonds is 6. The highest BCUT2D eigenvalue weighted by molar-refractivity contribution is 7.98. The molecule has 2 heterocycles. The lowest BCUT2D eigenvalue weighted by atomic mass is 10.1. The summed E-state index contributed by atoms with van der Waals surface area (Å²) in [5, 5.41) is 3.94. The van der Waals surface area contributed by atoms with E-state index in [1.54, 1.807) is 11.8 Å². The van der Waals surface area contributed by atoms with Gasteiger partial charge in [0.1, 0.15) is 6.26 Å². The molecule has 4 rings (SSSR count). The second-order valence-corrected chi connectivity index (χ2v) is 7.30. The molecule has 0 radical (unpaired) electrons. The number of nitrogens with two attached hydrogens (primary N) is 1. The topological polar surface area (TPSA) is 96.9 Å². The maximum Gasteiger partial charge on any atom is 0.277 e. The number of H-pyrrole nitrogens is 1. The molecule has 142 valence electrons. The monoisotopic (exact) mass is 392 g/mol. The highest BCUT2D eigenvalue weighted by Crippen LogP contribution is 2.23. The predicted molar refractivity (Wildman–Crippen MR) is 112 cm³/mol. The molecule has 4 aromatic rings. The molecule has 4 N–H and O–H groups in total. The number of fused-ring (bicyclic) bond motifs is 1. The first-order chi connectivity index (χ1) is 13.6. The smallest absolute Gasteiger partial charge is 0.277 e. The van der Waals surface area contributed by atoms with Crippen molar-refractivity contribution in [2.24, 2.45) is 5.73 Å². The zero-order valence-corrected chi connectivity index (χ0v) is 16.1. The Hall–Kier alpha value is -3.03. The number of benzene rings is 2. The average molecular weight is 392 g/mol. The fourth-order valence-corrected chi connectivity index (χ4v) is 3.46. The Morgan fingerprint density at radius 2 is 2.04 bits per heavy atom. The summed E-state index contributed by atoms with van der Waals surface area (Å²) in [6.45, 7) is 0. The number of carbonyl (C=O) groups excluding carboxylic acids is 1. The lowest BCUT2D eigenvalue weighted by molar-refractivity contribution is 0.102. The zero-order chi connectivity index (χ0) is 19.5. The van der Waals surface area contributed by atoms with Crippen LogP contribution in [0.3, 0.4) is 0 Å². The van der Waals surface area contributed by atoms with Crippen molar-refractivity contribution in [1.29, 1.82) is 0 Å². The Labute approximate surface area is 166 Å². The molecule has 1 amide bonds. The minimum absolute atomic E-state index is 0.207. The molecule has 0 spiro atoms. The van der Waals surface area contributed by atoms with Crippen LogP contribution >= 0.6 is 11.8 Å². The normalized spacial score (nSPS) is 12.2. The van der Waals surface area contributed by atoms with Crippen molar-refractivity contribution < 1.29 is 9.21 Å². The molecule has 1 unspecified atom stereocenters. The van der Waals surface area contributed by atoms with Gasteiger partial charge in [-0.15, -0.1) is 11.8 Å². The lowest BCUT2D eigenvalue weighted by Gasteiger charge is -2.06. The minimum atomic E-state index is -0.443. The number of nitrogens with zero attached hydrogens (tertiary/aromatic N) is 1. The third-order valence-electron chi connectivity index (χ3n) is 4.53.